The molecule has 2 amide bonds. The lowest BCUT2D eigenvalue weighted by molar-refractivity contribution is -0.132. The van der Waals surface area contributed by atoms with Gasteiger partial charge in [-0.05, 0) is 59.7 Å². The van der Waals surface area contributed by atoms with E-state index < -0.39 is 0 Å². The number of benzene rings is 3. The lowest BCUT2D eigenvalue weighted by Gasteiger charge is -2.44. The molecular weight excluding hydrogens is 498 g/mol. The number of rotatable bonds is 9. The summed E-state index contributed by atoms with van der Waals surface area (Å²) in [6.07, 6.45) is 2.32. The molecule has 2 bridgehead atoms. The normalized spacial score (nSPS) is 18.4. The van der Waals surface area contributed by atoms with Crippen LogP contribution in [0.2, 0.25) is 0 Å². The van der Waals surface area contributed by atoms with Crippen LogP contribution in [0.1, 0.15) is 35.6 Å². The van der Waals surface area contributed by atoms with Gasteiger partial charge in [-0.15, -0.1) is 0 Å². The van der Waals surface area contributed by atoms with Crippen molar-refractivity contribution in [2.75, 3.05) is 33.3 Å². The molecule has 3 aromatic carbocycles. The van der Waals surface area contributed by atoms with Gasteiger partial charge in [0.1, 0.15) is 5.75 Å². The van der Waals surface area contributed by atoms with E-state index in [2.05, 4.69) is 54.7 Å². The van der Waals surface area contributed by atoms with Crippen LogP contribution in [0.5, 0.6) is 5.75 Å². The zero-order chi connectivity index (χ0) is 28.1. The van der Waals surface area contributed by atoms with Gasteiger partial charge >= 0.3 is 0 Å². The number of aryl methyl sites for hydroxylation is 1. The number of carbonyl (C=O) groups excluding carboxylic acids is 2. The van der Waals surface area contributed by atoms with Crippen molar-refractivity contribution in [1.29, 1.82) is 0 Å². The van der Waals surface area contributed by atoms with Crippen molar-refractivity contribution in [3.8, 4) is 5.75 Å². The van der Waals surface area contributed by atoms with Gasteiger partial charge in [0.15, 0.2) is 0 Å². The van der Waals surface area contributed by atoms with Crippen molar-refractivity contribution in [1.82, 2.24) is 15.1 Å². The van der Waals surface area contributed by atoms with Gasteiger partial charge in [0, 0.05) is 51.6 Å². The minimum absolute atomic E-state index is 0.0305. The van der Waals surface area contributed by atoms with Crippen molar-refractivity contribution in [2.45, 2.75) is 45.2 Å². The third kappa shape index (κ3) is 6.62. The Morgan fingerprint density at radius 2 is 1.70 bits per heavy atom. The third-order valence-corrected chi connectivity index (χ3v) is 7.96. The second kappa shape index (κ2) is 12.5. The van der Waals surface area contributed by atoms with Crippen LogP contribution >= 0.6 is 0 Å². The maximum absolute atomic E-state index is 14.0. The summed E-state index contributed by atoms with van der Waals surface area (Å²) in [5.74, 6) is 0.978. The summed E-state index contributed by atoms with van der Waals surface area (Å²) in [6.45, 7) is 6.09. The minimum atomic E-state index is -0.180. The number of carbonyl (C=O) groups is 2. The van der Waals surface area contributed by atoms with E-state index in [1.54, 1.807) is 6.92 Å². The first-order valence-electron chi connectivity index (χ1n) is 14.2. The van der Waals surface area contributed by atoms with Crippen LogP contribution in [0.3, 0.4) is 0 Å². The Kier molecular flexibility index (Phi) is 8.66. The second-order valence-corrected chi connectivity index (χ2v) is 11.0. The summed E-state index contributed by atoms with van der Waals surface area (Å²) >= 11 is 0. The molecule has 0 spiro atoms. The molecule has 0 aliphatic carbocycles. The average Bonchev–Trinajstić information content (AvgIpc) is 2.96. The van der Waals surface area contributed by atoms with Crippen molar-refractivity contribution >= 4 is 17.4 Å². The van der Waals surface area contributed by atoms with Crippen LogP contribution in [0.15, 0.2) is 84.4 Å². The third-order valence-electron chi connectivity index (χ3n) is 7.96. The van der Waals surface area contributed by atoms with E-state index >= 15 is 0 Å². The smallest absolute Gasteiger partial charge is 0.251 e. The van der Waals surface area contributed by atoms with E-state index in [1.165, 1.54) is 16.7 Å². The summed E-state index contributed by atoms with van der Waals surface area (Å²) in [4.78, 5) is 29.9. The van der Waals surface area contributed by atoms with Crippen LogP contribution in [0, 0.1) is 6.92 Å². The molecule has 0 unspecified atom stereocenters. The number of amides is 2. The highest BCUT2D eigenvalue weighted by atomic mass is 16.5. The van der Waals surface area contributed by atoms with Gasteiger partial charge in [0.05, 0.1) is 12.6 Å². The van der Waals surface area contributed by atoms with E-state index in [1.807, 2.05) is 53.2 Å². The monoisotopic (exact) mass is 537 g/mol. The zero-order valence-corrected chi connectivity index (χ0v) is 23.7. The van der Waals surface area contributed by atoms with Crippen molar-refractivity contribution in [2.24, 2.45) is 0 Å². The number of hydrogen-bond donors (Lipinski definition) is 1. The molecule has 0 saturated carbocycles. The van der Waals surface area contributed by atoms with E-state index in [0.717, 1.165) is 35.3 Å². The van der Waals surface area contributed by atoms with Crippen LogP contribution < -0.4 is 10.1 Å². The van der Waals surface area contributed by atoms with E-state index in [0.29, 0.717) is 32.7 Å². The molecule has 1 saturated heterocycles. The molecule has 208 valence electrons. The molecule has 5 rings (SSSR count). The number of hydrogen-bond acceptors (Lipinski definition) is 4. The standard InChI is InChI=1S/C34H39N3O3/c1-24-8-7-11-30(20-24)40-19-17-27-12-14-28(15-13-27)31-21-29-22-37(25(2)38)23-32(35-29)33(31)34(39)36(3)18-16-26-9-5-4-6-10-26/h4-15,20,29,32,35H,16-19,21-23H2,1-3H3/t29-,32-/m1/s1. The number of ether oxygens (including phenoxy) is 1. The van der Waals surface area contributed by atoms with Crippen molar-refractivity contribution in [3.63, 3.8) is 0 Å². The van der Waals surface area contributed by atoms with Gasteiger partial charge < -0.3 is 19.9 Å². The minimum Gasteiger partial charge on any atom is -0.493 e. The van der Waals surface area contributed by atoms with Crippen LogP contribution in [0.25, 0.3) is 5.57 Å². The lowest BCUT2D eigenvalue weighted by Crippen LogP contribution is -2.61. The maximum Gasteiger partial charge on any atom is 0.251 e. The molecular formula is C34H39N3O3. The average molecular weight is 538 g/mol. The van der Waals surface area contributed by atoms with Gasteiger partial charge in [-0.25, -0.2) is 0 Å². The van der Waals surface area contributed by atoms with Gasteiger partial charge in [-0.3, -0.25) is 9.59 Å². The number of fused-ring (bicyclic) bond motifs is 2. The van der Waals surface area contributed by atoms with Gasteiger partial charge in [0.2, 0.25) is 5.91 Å². The van der Waals surface area contributed by atoms with E-state index in [9.17, 15) is 9.59 Å². The fourth-order valence-corrected chi connectivity index (χ4v) is 5.74. The fraction of sp³-hybridized carbons (Fsp3) is 0.353. The van der Waals surface area contributed by atoms with Gasteiger partial charge in [-0.1, -0.05) is 66.7 Å². The Labute approximate surface area is 237 Å². The van der Waals surface area contributed by atoms with E-state index in [4.69, 9.17) is 4.74 Å². The van der Waals surface area contributed by atoms with Gasteiger partial charge in [0.25, 0.3) is 5.91 Å². The summed E-state index contributed by atoms with van der Waals surface area (Å²) < 4.78 is 5.95. The SMILES string of the molecule is CC(=O)N1C[C@H]2CC(c3ccc(CCOc4cccc(C)c4)cc3)=C(C(=O)N(C)CCc3ccccc3)[C@@H](C1)N2. The van der Waals surface area contributed by atoms with Crippen LogP contribution in [-0.4, -0.2) is 67.0 Å². The molecule has 2 heterocycles. The summed E-state index contributed by atoms with van der Waals surface area (Å²) in [7, 11) is 1.88. The molecule has 2 atom stereocenters. The molecule has 1 N–H and O–H groups in total. The largest absolute Gasteiger partial charge is 0.493 e. The van der Waals surface area contributed by atoms with E-state index in [-0.39, 0.29) is 23.9 Å². The Bertz CT molecular complexity index is 1370. The number of piperazine rings is 1. The number of nitrogens with one attached hydrogen (secondary N) is 1. The maximum atomic E-state index is 14.0. The highest BCUT2D eigenvalue weighted by molar-refractivity contribution is 6.03. The topological polar surface area (TPSA) is 61.9 Å². The Morgan fingerprint density at radius 1 is 0.950 bits per heavy atom. The second-order valence-electron chi connectivity index (χ2n) is 11.0. The van der Waals surface area contributed by atoms with Crippen molar-refractivity contribution in [3.05, 3.63) is 107 Å². The Hall–Kier alpha value is -3.90. The van der Waals surface area contributed by atoms with Crippen molar-refractivity contribution < 1.29 is 14.3 Å². The first kappa shape index (κ1) is 27.7. The molecule has 0 radical (unpaired) electrons. The zero-order valence-electron chi connectivity index (χ0n) is 23.7. The van der Waals surface area contributed by atoms with Gasteiger partial charge in [-0.2, -0.15) is 0 Å². The lowest BCUT2D eigenvalue weighted by atomic mass is 9.82. The van der Waals surface area contributed by atoms with Crippen LogP contribution in [0.4, 0.5) is 0 Å². The molecule has 3 aromatic rings. The highest BCUT2D eigenvalue weighted by Crippen LogP contribution is 2.34. The fourth-order valence-electron chi connectivity index (χ4n) is 5.74. The Balaban J connectivity index is 1.34. The molecule has 2 aliphatic rings. The molecule has 6 heteroatoms. The predicted octanol–water partition coefficient (Wildman–Crippen LogP) is 4.66. The molecule has 0 aromatic heterocycles. The predicted molar refractivity (Wildman–Crippen MR) is 159 cm³/mol. The number of likely N-dealkylation sites (N-methyl/N-ethyl adjacent to an activating group) is 1. The summed E-state index contributed by atoms with van der Waals surface area (Å²) in [5.41, 5.74) is 6.55. The highest BCUT2D eigenvalue weighted by Gasteiger charge is 2.39. The first-order valence-corrected chi connectivity index (χ1v) is 14.2. The first-order chi connectivity index (χ1) is 19.4. The quantitative estimate of drug-likeness (QED) is 0.431. The molecule has 6 nitrogen and oxygen atoms in total. The summed E-state index contributed by atoms with van der Waals surface area (Å²) in [6, 6.07) is 26.9. The van der Waals surface area contributed by atoms with Crippen LogP contribution in [-0.2, 0) is 22.4 Å². The molecule has 2 aliphatic heterocycles. The summed E-state index contributed by atoms with van der Waals surface area (Å²) in [5, 5.41) is 3.64. The Morgan fingerprint density at radius 3 is 2.42 bits per heavy atom. The molecule has 40 heavy (non-hydrogen) atoms. The number of nitrogens with zero attached hydrogens (tertiary/aromatic N) is 2. The molecule has 1 fully saturated rings.